The molecule has 0 N–H and O–H groups in total. The van der Waals surface area contributed by atoms with Crippen LogP contribution in [0.5, 0.6) is 0 Å². The zero-order chi connectivity index (χ0) is 8.97. The molecular weight excluding hydrogens is 148 g/mol. The van der Waals surface area contributed by atoms with Crippen molar-refractivity contribution in [2.24, 2.45) is 11.8 Å². The zero-order valence-electron chi connectivity index (χ0n) is 8.68. The van der Waals surface area contributed by atoms with Crippen LogP contribution in [0.15, 0.2) is 0 Å². The Morgan fingerprint density at radius 2 is 2.08 bits per heavy atom. The summed E-state index contributed by atoms with van der Waals surface area (Å²) in [6.07, 6.45) is 7.33. The van der Waals surface area contributed by atoms with Crippen LogP contribution in [0.25, 0.3) is 0 Å². The topological polar surface area (TPSA) is 9.23 Å². The predicted molar refractivity (Wildman–Crippen MR) is 52.2 cm³/mol. The average Bonchev–Trinajstić information content (AvgIpc) is 2.03. The highest BCUT2D eigenvalue weighted by Crippen LogP contribution is 2.30. The van der Waals surface area contributed by atoms with E-state index in [2.05, 4.69) is 13.8 Å². The van der Waals surface area contributed by atoms with Gasteiger partial charge in [0.05, 0.1) is 6.10 Å². The largest absolute Gasteiger partial charge is 0.381 e. The zero-order valence-corrected chi connectivity index (χ0v) is 8.68. The van der Waals surface area contributed by atoms with Gasteiger partial charge in [-0.1, -0.05) is 26.7 Å². The van der Waals surface area contributed by atoms with Gasteiger partial charge in [0.15, 0.2) is 0 Å². The second-order valence-electron chi connectivity index (χ2n) is 4.52. The number of rotatable bonds is 3. The van der Waals surface area contributed by atoms with Crippen LogP contribution in [-0.2, 0) is 4.74 Å². The Hall–Kier alpha value is -0.0400. The van der Waals surface area contributed by atoms with Gasteiger partial charge in [0.2, 0.25) is 0 Å². The molecule has 0 aromatic carbocycles. The molecule has 1 rings (SSSR count). The summed E-state index contributed by atoms with van der Waals surface area (Å²) in [6.45, 7) is 4.63. The smallest absolute Gasteiger partial charge is 0.0574 e. The third-order valence-corrected chi connectivity index (χ3v) is 2.87. The number of methoxy groups -OCH3 is 1. The molecule has 1 fully saturated rings. The van der Waals surface area contributed by atoms with Gasteiger partial charge in [-0.3, -0.25) is 0 Å². The van der Waals surface area contributed by atoms with E-state index in [0.717, 1.165) is 11.8 Å². The molecule has 0 bridgehead atoms. The second-order valence-corrected chi connectivity index (χ2v) is 4.52. The molecule has 0 saturated heterocycles. The van der Waals surface area contributed by atoms with Crippen LogP contribution in [0, 0.1) is 11.8 Å². The van der Waals surface area contributed by atoms with Crippen LogP contribution in [0.2, 0.25) is 0 Å². The lowest BCUT2D eigenvalue weighted by Crippen LogP contribution is -2.22. The second kappa shape index (κ2) is 4.86. The minimum Gasteiger partial charge on any atom is -0.381 e. The summed E-state index contributed by atoms with van der Waals surface area (Å²) >= 11 is 0. The van der Waals surface area contributed by atoms with Gasteiger partial charge in [0.1, 0.15) is 0 Å². The first-order valence-electron chi connectivity index (χ1n) is 5.25. The molecule has 0 aliphatic heterocycles. The maximum Gasteiger partial charge on any atom is 0.0574 e. The fourth-order valence-electron chi connectivity index (χ4n) is 2.34. The molecule has 0 unspecified atom stereocenters. The SMILES string of the molecule is CO[C@@H]1CCC[C@@H](CC(C)C)C1. The first-order chi connectivity index (χ1) is 5.72. The van der Waals surface area contributed by atoms with Gasteiger partial charge in [-0.05, 0) is 31.1 Å². The molecule has 1 aliphatic rings. The van der Waals surface area contributed by atoms with Crippen molar-refractivity contribution < 1.29 is 4.74 Å². The molecule has 72 valence electrons. The van der Waals surface area contributed by atoms with Crippen molar-refractivity contribution in [1.82, 2.24) is 0 Å². The molecule has 0 amide bonds. The Kier molecular flexibility index (Phi) is 4.07. The van der Waals surface area contributed by atoms with Crippen LogP contribution < -0.4 is 0 Å². The number of ether oxygens (including phenoxy) is 1. The first-order valence-corrected chi connectivity index (χ1v) is 5.25. The summed E-state index contributed by atoms with van der Waals surface area (Å²) in [7, 11) is 1.85. The summed E-state index contributed by atoms with van der Waals surface area (Å²) < 4.78 is 5.40. The van der Waals surface area contributed by atoms with Crippen LogP contribution in [0.1, 0.15) is 46.0 Å². The van der Waals surface area contributed by atoms with E-state index < -0.39 is 0 Å². The number of hydrogen-bond acceptors (Lipinski definition) is 1. The van der Waals surface area contributed by atoms with Crippen molar-refractivity contribution in [3.05, 3.63) is 0 Å². The predicted octanol–water partition coefficient (Wildman–Crippen LogP) is 3.24. The molecule has 1 saturated carbocycles. The molecule has 0 aromatic heterocycles. The summed E-state index contributed by atoms with van der Waals surface area (Å²) in [5.74, 6) is 1.79. The summed E-state index contributed by atoms with van der Waals surface area (Å²) in [5.41, 5.74) is 0. The average molecular weight is 170 g/mol. The van der Waals surface area contributed by atoms with E-state index in [1.807, 2.05) is 7.11 Å². The van der Waals surface area contributed by atoms with E-state index in [-0.39, 0.29) is 0 Å². The van der Waals surface area contributed by atoms with Crippen LogP contribution >= 0.6 is 0 Å². The van der Waals surface area contributed by atoms with Crippen LogP contribution in [0.3, 0.4) is 0 Å². The van der Waals surface area contributed by atoms with E-state index >= 15 is 0 Å². The summed E-state index contributed by atoms with van der Waals surface area (Å²) in [5, 5.41) is 0. The van der Waals surface area contributed by atoms with Crippen molar-refractivity contribution in [3.8, 4) is 0 Å². The maximum atomic E-state index is 5.40. The lowest BCUT2D eigenvalue weighted by molar-refractivity contribution is 0.0465. The summed E-state index contributed by atoms with van der Waals surface area (Å²) in [4.78, 5) is 0. The molecular formula is C11H22O. The highest BCUT2D eigenvalue weighted by molar-refractivity contribution is 4.73. The molecule has 0 aromatic rings. The molecule has 1 nitrogen and oxygen atoms in total. The van der Waals surface area contributed by atoms with Gasteiger partial charge in [-0.2, -0.15) is 0 Å². The van der Waals surface area contributed by atoms with Gasteiger partial charge in [0.25, 0.3) is 0 Å². The Morgan fingerprint density at radius 1 is 1.33 bits per heavy atom. The Bertz CT molecular complexity index is 120. The van der Waals surface area contributed by atoms with Gasteiger partial charge >= 0.3 is 0 Å². The normalized spacial score (nSPS) is 31.0. The molecule has 12 heavy (non-hydrogen) atoms. The maximum absolute atomic E-state index is 5.40. The highest BCUT2D eigenvalue weighted by Gasteiger charge is 2.21. The van der Waals surface area contributed by atoms with E-state index in [9.17, 15) is 0 Å². The summed E-state index contributed by atoms with van der Waals surface area (Å²) in [6, 6.07) is 0. The Morgan fingerprint density at radius 3 is 2.67 bits per heavy atom. The van der Waals surface area contributed by atoms with E-state index in [1.165, 1.54) is 32.1 Å². The molecule has 1 aliphatic carbocycles. The fourth-order valence-corrected chi connectivity index (χ4v) is 2.34. The highest BCUT2D eigenvalue weighted by atomic mass is 16.5. The van der Waals surface area contributed by atoms with Crippen molar-refractivity contribution in [3.63, 3.8) is 0 Å². The lowest BCUT2D eigenvalue weighted by Gasteiger charge is -2.29. The monoisotopic (exact) mass is 170 g/mol. The quantitative estimate of drug-likeness (QED) is 0.632. The third kappa shape index (κ3) is 3.14. The van der Waals surface area contributed by atoms with Gasteiger partial charge in [0, 0.05) is 7.11 Å². The fraction of sp³-hybridized carbons (Fsp3) is 1.00. The lowest BCUT2D eigenvalue weighted by atomic mass is 9.82. The van der Waals surface area contributed by atoms with E-state index in [4.69, 9.17) is 4.74 Å². The van der Waals surface area contributed by atoms with Gasteiger partial charge in [-0.25, -0.2) is 0 Å². The molecule has 1 heteroatoms. The van der Waals surface area contributed by atoms with Crippen LogP contribution in [0.4, 0.5) is 0 Å². The Labute approximate surface area is 76.5 Å². The van der Waals surface area contributed by atoms with Gasteiger partial charge < -0.3 is 4.74 Å². The van der Waals surface area contributed by atoms with Crippen molar-refractivity contribution in [2.45, 2.75) is 52.1 Å². The van der Waals surface area contributed by atoms with Crippen molar-refractivity contribution >= 4 is 0 Å². The Balaban J connectivity index is 2.25. The minimum atomic E-state index is 0.558. The molecule has 0 radical (unpaired) electrons. The minimum absolute atomic E-state index is 0.558. The van der Waals surface area contributed by atoms with Crippen molar-refractivity contribution in [1.29, 1.82) is 0 Å². The molecule has 0 heterocycles. The van der Waals surface area contributed by atoms with E-state index in [1.54, 1.807) is 0 Å². The first kappa shape index (κ1) is 10.0. The standard InChI is InChI=1S/C11H22O/c1-9(2)7-10-5-4-6-11(8-10)12-3/h9-11H,4-8H2,1-3H3/t10-,11+/m0/s1. The third-order valence-electron chi connectivity index (χ3n) is 2.87. The molecule has 0 spiro atoms. The van der Waals surface area contributed by atoms with E-state index in [0.29, 0.717) is 6.10 Å². The van der Waals surface area contributed by atoms with Crippen LogP contribution in [-0.4, -0.2) is 13.2 Å². The van der Waals surface area contributed by atoms with Crippen molar-refractivity contribution in [2.75, 3.05) is 7.11 Å². The van der Waals surface area contributed by atoms with Gasteiger partial charge in [-0.15, -0.1) is 0 Å². The number of hydrogen-bond donors (Lipinski definition) is 0. The molecule has 2 atom stereocenters.